The van der Waals surface area contributed by atoms with E-state index in [1.54, 1.807) is 13.3 Å². The number of nitrogens with zero attached hydrogens (tertiary/aromatic N) is 2. The molecule has 0 saturated heterocycles. The van der Waals surface area contributed by atoms with Gasteiger partial charge in [0.2, 0.25) is 0 Å². The van der Waals surface area contributed by atoms with E-state index in [4.69, 9.17) is 9.15 Å². The monoisotopic (exact) mass is 310 g/mol. The SMILES string of the molecule is CCCCc1cc2c(CCc3ccnnc3)ccc(OC)c2o1. The van der Waals surface area contributed by atoms with E-state index in [2.05, 4.69) is 29.3 Å². The van der Waals surface area contributed by atoms with Crippen LogP contribution in [0.2, 0.25) is 0 Å². The van der Waals surface area contributed by atoms with E-state index < -0.39 is 0 Å². The normalized spacial score (nSPS) is 11.0. The summed E-state index contributed by atoms with van der Waals surface area (Å²) in [5, 5.41) is 8.92. The largest absolute Gasteiger partial charge is 0.493 e. The predicted molar refractivity (Wildman–Crippen MR) is 90.8 cm³/mol. The summed E-state index contributed by atoms with van der Waals surface area (Å²) in [6.07, 6.45) is 8.71. The van der Waals surface area contributed by atoms with E-state index in [0.717, 1.165) is 54.6 Å². The molecule has 4 nitrogen and oxygen atoms in total. The fourth-order valence-electron chi connectivity index (χ4n) is 2.80. The van der Waals surface area contributed by atoms with Gasteiger partial charge in [-0.3, -0.25) is 0 Å². The number of unbranched alkanes of at least 4 members (excludes halogenated alkanes) is 1. The summed E-state index contributed by atoms with van der Waals surface area (Å²) in [6.45, 7) is 2.19. The van der Waals surface area contributed by atoms with Crippen LogP contribution < -0.4 is 4.74 Å². The molecule has 0 aliphatic rings. The Kier molecular flexibility index (Phi) is 4.91. The first kappa shape index (κ1) is 15.5. The standard InChI is InChI=1S/C19H22N2O2/c1-3-4-5-16-12-17-15(7-6-14-10-11-20-21-13-14)8-9-18(22-2)19(17)23-16/h8-13H,3-7H2,1-2H3. The first-order valence-corrected chi connectivity index (χ1v) is 8.15. The van der Waals surface area contributed by atoms with Crippen molar-refractivity contribution >= 4 is 11.0 Å². The van der Waals surface area contributed by atoms with E-state index in [-0.39, 0.29) is 0 Å². The molecule has 120 valence electrons. The van der Waals surface area contributed by atoms with Gasteiger partial charge in [-0.1, -0.05) is 19.4 Å². The molecule has 0 radical (unpaired) electrons. The van der Waals surface area contributed by atoms with Gasteiger partial charge in [0.05, 0.1) is 13.3 Å². The Hall–Kier alpha value is -2.36. The van der Waals surface area contributed by atoms with Crippen molar-refractivity contribution in [2.24, 2.45) is 0 Å². The Labute approximate surface area is 136 Å². The minimum atomic E-state index is 0.803. The molecule has 2 aromatic heterocycles. The lowest BCUT2D eigenvalue weighted by Crippen LogP contribution is -1.94. The van der Waals surface area contributed by atoms with Gasteiger partial charge in [-0.15, -0.1) is 0 Å². The molecule has 23 heavy (non-hydrogen) atoms. The Morgan fingerprint density at radius 1 is 1.09 bits per heavy atom. The van der Waals surface area contributed by atoms with Crippen molar-refractivity contribution in [3.63, 3.8) is 0 Å². The molecular formula is C19H22N2O2. The average molecular weight is 310 g/mol. The molecule has 0 amide bonds. The Bertz CT molecular complexity index is 766. The van der Waals surface area contributed by atoms with Gasteiger partial charge in [-0.2, -0.15) is 10.2 Å². The molecule has 0 aliphatic heterocycles. The molecule has 3 aromatic rings. The third-order valence-electron chi connectivity index (χ3n) is 4.11. The number of fused-ring (bicyclic) bond motifs is 1. The summed E-state index contributed by atoms with van der Waals surface area (Å²) in [5.41, 5.74) is 3.34. The van der Waals surface area contributed by atoms with Crippen LogP contribution in [0.3, 0.4) is 0 Å². The second-order valence-electron chi connectivity index (χ2n) is 5.74. The number of rotatable bonds is 7. The Morgan fingerprint density at radius 3 is 2.74 bits per heavy atom. The number of hydrogen-bond acceptors (Lipinski definition) is 4. The number of aromatic nitrogens is 2. The highest BCUT2D eigenvalue weighted by Gasteiger charge is 2.13. The second-order valence-corrected chi connectivity index (χ2v) is 5.74. The van der Waals surface area contributed by atoms with Crippen LogP contribution in [0.25, 0.3) is 11.0 Å². The molecule has 4 heteroatoms. The number of aryl methyl sites for hydroxylation is 3. The lowest BCUT2D eigenvalue weighted by molar-refractivity contribution is 0.407. The number of ether oxygens (including phenoxy) is 1. The molecule has 0 saturated carbocycles. The first-order chi connectivity index (χ1) is 11.3. The number of furan rings is 1. The van der Waals surface area contributed by atoms with Crippen molar-refractivity contribution in [1.29, 1.82) is 0 Å². The molecule has 0 fully saturated rings. The summed E-state index contributed by atoms with van der Waals surface area (Å²) < 4.78 is 11.5. The molecule has 1 aromatic carbocycles. The quantitative estimate of drug-likeness (QED) is 0.650. The fourth-order valence-corrected chi connectivity index (χ4v) is 2.80. The second kappa shape index (κ2) is 7.27. The van der Waals surface area contributed by atoms with Gasteiger partial charge in [0.25, 0.3) is 0 Å². The molecule has 0 spiro atoms. The fraction of sp³-hybridized carbons (Fsp3) is 0.368. The molecule has 2 heterocycles. The topological polar surface area (TPSA) is 48.2 Å². The highest BCUT2D eigenvalue weighted by atomic mass is 16.5. The van der Waals surface area contributed by atoms with Crippen LogP contribution in [-0.4, -0.2) is 17.3 Å². The molecule has 3 rings (SSSR count). The van der Waals surface area contributed by atoms with E-state index in [0.29, 0.717) is 0 Å². The number of hydrogen-bond donors (Lipinski definition) is 0. The molecule has 0 aliphatic carbocycles. The van der Waals surface area contributed by atoms with Gasteiger partial charge in [-0.05, 0) is 48.6 Å². The highest BCUT2D eigenvalue weighted by molar-refractivity contribution is 5.87. The van der Waals surface area contributed by atoms with Crippen LogP contribution in [0.15, 0.2) is 41.1 Å². The zero-order valence-corrected chi connectivity index (χ0v) is 13.7. The summed E-state index contributed by atoms with van der Waals surface area (Å²) in [5.74, 6) is 1.84. The summed E-state index contributed by atoms with van der Waals surface area (Å²) in [4.78, 5) is 0. The summed E-state index contributed by atoms with van der Waals surface area (Å²) >= 11 is 0. The van der Waals surface area contributed by atoms with Gasteiger partial charge < -0.3 is 9.15 Å². The van der Waals surface area contributed by atoms with Crippen molar-refractivity contribution < 1.29 is 9.15 Å². The van der Waals surface area contributed by atoms with Gasteiger partial charge in [0.15, 0.2) is 11.3 Å². The van der Waals surface area contributed by atoms with Gasteiger partial charge >= 0.3 is 0 Å². The lowest BCUT2D eigenvalue weighted by atomic mass is 10.0. The van der Waals surface area contributed by atoms with E-state index in [9.17, 15) is 0 Å². The highest BCUT2D eigenvalue weighted by Crippen LogP contribution is 2.32. The van der Waals surface area contributed by atoms with Crippen LogP contribution in [-0.2, 0) is 19.3 Å². The van der Waals surface area contributed by atoms with Crippen molar-refractivity contribution in [3.8, 4) is 5.75 Å². The Balaban J connectivity index is 1.88. The van der Waals surface area contributed by atoms with Crippen LogP contribution in [0.5, 0.6) is 5.75 Å². The van der Waals surface area contributed by atoms with Crippen LogP contribution in [0, 0.1) is 0 Å². The van der Waals surface area contributed by atoms with Crippen LogP contribution in [0.1, 0.15) is 36.7 Å². The minimum absolute atomic E-state index is 0.803. The zero-order chi connectivity index (χ0) is 16.1. The summed E-state index contributed by atoms with van der Waals surface area (Å²) in [6, 6.07) is 8.31. The number of benzene rings is 1. The third kappa shape index (κ3) is 3.52. The maximum Gasteiger partial charge on any atom is 0.176 e. The third-order valence-corrected chi connectivity index (χ3v) is 4.11. The molecule has 0 atom stereocenters. The van der Waals surface area contributed by atoms with E-state index >= 15 is 0 Å². The van der Waals surface area contributed by atoms with Gasteiger partial charge in [-0.25, -0.2) is 0 Å². The van der Waals surface area contributed by atoms with E-state index in [1.807, 2.05) is 18.3 Å². The predicted octanol–water partition coefficient (Wildman–Crippen LogP) is 4.36. The maximum atomic E-state index is 6.04. The smallest absolute Gasteiger partial charge is 0.176 e. The van der Waals surface area contributed by atoms with E-state index in [1.165, 1.54) is 11.1 Å². The van der Waals surface area contributed by atoms with Gasteiger partial charge in [0.1, 0.15) is 5.76 Å². The maximum absolute atomic E-state index is 6.04. The zero-order valence-electron chi connectivity index (χ0n) is 13.7. The van der Waals surface area contributed by atoms with Crippen molar-refractivity contribution in [1.82, 2.24) is 10.2 Å². The minimum Gasteiger partial charge on any atom is -0.493 e. The van der Waals surface area contributed by atoms with Crippen molar-refractivity contribution in [3.05, 3.63) is 53.5 Å². The molecular weight excluding hydrogens is 288 g/mol. The van der Waals surface area contributed by atoms with Gasteiger partial charge in [0, 0.05) is 18.0 Å². The molecule has 0 unspecified atom stereocenters. The lowest BCUT2D eigenvalue weighted by Gasteiger charge is -2.06. The van der Waals surface area contributed by atoms with Crippen molar-refractivity contribution in [2.75, 3.05) is 7.11 Å². The Morgan fingerprint density at radius 2 is 2.00 bits per heavy atom. The van der Waals surface area contributed by atoms with Crippen molar-refractivity contribution in [2.45, 2.75) is 39.0 Å². The van der Waals surface area contributed by atoms with Crippen LogP contribution in [0.4, 0.5) is 0 Å². The average Bonchev–Trinajstić information content (AvgIpc) is 3.03. The molecule has 0 bridgehead atoms. The van der Waals surface area contributed by atoms with Crippen LogP contribution >= 0.6 is 0 Å². The molecule has 0 N–H and O–H groups in total. The first-order valence-electron chi connectivity index (χ1n) is 8.15. The summed E-state index contributed by atoms with van der Waals surface area (Å²) in [7, 11) is 1.69. The number of methoxy groups -OCH3 is 1.